The lowest BCUT2D eigenvalue weighted by Gasteiger charge is -2.24. The number of hydrogen-bond acceptors (Lipinski definition) is 5. The molecule has 1 aliphatic heterocycles. The Kier molecular flexibility index (Phi) is 9.94. The van der Waals surface area contributed by atoms with Crippen LogP contribution < -0.4 is 16.0 Å². The van der Waals surface area contributed by atoms with Crippen LogP contribution >= 0.6 is 0 Å². The van der Waals surface area contributed by atoms with Crippen molar-refractivity contribution in [2.75, 3.05) is 13.1 Å². The van der Waals surface area contributed by atoms with Gasteiger partial charge in [0.15, 0.2) is 0 Å². The number of carbonyl (C=O) groups is 3. The summed E-state index contributed by atoms with van der Waals surface area (Å²) in [4.78, 5) is 35.5. The summed E-state index contributed by atoms with van der Waals surface area (Å²) >= 11 is 0. The van der Waals surface area contributed by atoms with Gasteiger partial charge in [-0.25, -0.2) is 0 Å². The molecule has 4 N–H and O–H groups in total. The van der Waals surface area contributed by atoms with Crippen molar-refractivity contribution in [2.24, 2.45) is 11.8 Å². The Balaban J connectivity index is 0.000000892. The van der Waals surface area contributed by atoms with Crippen molar-refractivity contribution in [1.82, 2.24) is 16.0 Å². The smallest absolute Gasteiger partial charge is 0.252 e. The summed E-state index contributed by atoms with van der Waals surface area (Å²) in [5.74, 6) is -0.590. The highest BCUT2D eigenvalue weighted by atomic mass is 16.3. The van der Waals surface area contributed by atoms with Gasteiger partial charge in [-0.05, 0) is 50.9 Å². The summed E-state index contributed by atoms with van der Waals surface area (Å²) in [6.45, 7) is 6.85. The van der Waals surface area contributed by atoms with E-state index in [0.29, 0.717) is 25.8 Å². The molecule has 1 aliphatic carbocycles. The molecule has 0 bridgehead atoms. The van der Waals surface area contributed by atoms with Gasteiger partial charge < -0.3 is 21.1 Å². The van der Waals surface area contributed by atoms with Crippen LogP contribution in [0.4, 0.5) is 0 Å². The van der Waals surface area contributed by atoms with Crippen LogP contribution in [0.25, 0.3) is 0 Å². The molecule has 2 atom stereocenters. The van der Waals surface area contributed by atoms with Crippen molar-refractivity contribution >= 4 is 17.7 Å². The fourth-order valence-corrected chi connectivity index (χ4v) is 3.25. The molecule has 8 heteroatoms. The standard InChI is InChI=1S/C16H24N4O4.C4H10/c17-9-12(8-11-4-3-7-18-14(11)22)20-13(21)10-19-15(23)16(24)5-1-2-6-16;1-4(2)3/h11-12,24H,1-8,10H2,(H,18,22)(H,19,23)(H,20,21);4H,1-3H3/t11-,12?;/m0./s1. The van der Waals surface area contributed by atoms with E-state index in [-0.39, 0.29) is 24.8 Å². The number of nitrogens with one attached hydrogen (secondary N) is 3. The molecule has 2 rings (SSSR count). The molecule has 1 saturated carbocycles. The summed E-state index contributed by atoms with van der Waals surface area (Å²) < 4.78 is 0. The minimum Gasteiger partial charge on any atom is -0.380 e. The molecule has 8 nitrogen and oxygen atoms in total. The molecular weight excluding hydrogens is 360 g/mol. The summed E-state index contributed by atoms with van der Waals surface area (Å²) in [5.41, 5.74) is -1.38. The molecule has 158 valence electrons. The topological polar surface area (TPSA) is 131 Å². The second-order valence-corrected chi connectivity index (χ2v) is 8.27. The molecular formula is C20H34N4O4. The van der Waals surface area contributed by atoms with E-state index < -0.39 is 23.5 Å². The summed E-state index contributed by atoms with van der Waals surface area (Å²) in [6.07, 6.45) is 4.19. The lowest BCUT2D eigenvalue weighted by Crippen LogP contribution is -2.49. The van der Waals surface area contributed by atoms with E-state index in [2.05, 4.69) is 36.7 Å². The van der Waals surface area contributed by atoms with Crippen LogP contribution in [0.3, 0.4) is 0 Å². The maximum Gasteiger partial charge on any atom is 0.252 e. The molecule has 0 radical (unpaired) electrons. The zero-order valence-corrected chi connectivity index (χ0v) is 17.2. The van der Waals surface area contributed by atoms with E-state index in [1.54, 1.807) is 0 Å². The number of nitrogens with zero attached hydrogens (tertiary/aromatic N) is 1. The van der Waals surface area contributed by atoms with Crippen molar-refractivity contribution in [3.8, 4) is 6.07 Å². The molecule has 1 saturated heterocycles. The number of nitriles is 1. The maximum absolute atomic E-state index is 11.9. The van der Waals surface area contributed by atoms with Gasteiger partial charge in [-0.15, -0.1) is 0 Å². The molecule has 1 heterocycles. The van der Waals surface area contributed by atoms with E-state index in [1.807, 2.05) is 6.07 Å². The van der Waals surface area contributed by atoms with Crippen LogP contribution in [-0.2, 0) is 14.4 Å². The van der Waals surface area contributed by atoms with Crippen molar-refractivity contribution in [3.05, 3.63) is 0 Å². The highest BCUT2D eigenvalue weighted by Gasteiger charge is 2.38. The number of carbonyl (C=O) groups excluding carboxylic acids is 3. The van der Waals surface area contributed by atoms with E-state index in [4.69, 9.17) is 5.26 Å². The molecule has 0 aromatic carbocycles. The largest absolute Gasteiger partial charge is 0.380 e. The van der Waals surface area contributed by atoms with Gasteiger partial charge in [0.1, 0.15) is 11.6 Å². The fourth-order valence-electron chi connectivity index (χ4n) is 3.25. The van der Waals surface area contributed by atoms with Gasteiger partial charge in [-0.1, -0.05) is 20.8 Å². The van der Waals surface area contributed by atoms with Crippen molar-refractivity contribution < 1.29 is 19.5 Å². The Hall–Kier alpha value is -2.14. The molecule has 28 heavy (non-hydrogen) atoms. The minimum absolute atomic E-state index is 0.0903. The zero-order valence-electron chi connectivity index (χ0n) is 17.2. The molecule has 0 spiro atoms. The Morgan fingerprint density at radius 1 is 1.29 bits per heavy atom. The lowest BCUT2D eigenvalue weighted by atomic mass is 9.92. The number of aliphatic hydroxyl groups is 1. The molecule has 0 aromatic heterocycles. The molecule has 2 aliphatic rings. The highest BCUT2D eigenvalue weighted by molar-refractivity contribution is 5.89. The van der Waals surface area contributed by atoms with Crippen molar-refractivity contribution in [2.45, 2.75) is 77.4 Å². The van der Waals surface area contributed by atoms with E-state index >= 15 is 0 Å². The van der Waals surface area contributed by atoms with Crippen molar-refractivity contribution in [3.63, 3.8) is 0 Å². The predicted molar refractivity (Wildman–Crippen MR) is 105 cm³/mol. The van der Waals surface area contributed by atoms with Gasteiger partial charge in [0.05, 0.1) is 12.6 Å². The average molecular weight is 395 g/mol. The third kappa shape index (κ3) is 8.26. The average Bonchev–Trinajstić information content (AvgIpc) is 3.08. The van der Waals surface area contributed by atoms with Gasteiger partial charge >= 0.3 is 0 Å². The first-order chi connectivity index (χ1) is 13.2. The summed E-state index contributed by atoms with van der Waals surface area (Å²) in [5, 5.41) is 26.9. The van der Waals surface area contributed by atoms with E-state index in [9.17, 15) is 19.5 Å². The summed E-state index contributed by atoms with van der Waals surface area (Å²) in [7, 11) is 0. The van der Waals surface area contributed by atoms with Crippen LogP contribution in [0.1, 0.15) is 65.7 Å². The van der Waals surface area contributed by atoms with Crippen LogP contribution in [0, 0.1) is 23.2 Å². The second-order valence-electron chi connectivity index (χ2n) is 8.27. The first kappa shape index (κ1) is 23.9. The zero-order chi connectivity index (χ0) is 21.2. The quantitative estimate of drug-likeness (QED) is 0.534. The maximum atomic E-state index is 11.9. The monoisotopic (exact) mass is 394 g/mol. The summed E-state index contributed by atoms with van der Waals surface area (Å²) in [6, 6.07) is 1.20. The van der Waals surface area contributed by atoms with Gasteiger partial charge in [0, 0.05) is 12.5 Å². The molecule has 1 unspecified atom stereocenters. The van der Waals surface area contributed by atoms with Crippen LogP contribution in [0.2, 0.25) is 0 Å². The fraction of sp³-hybridized carbons (Fsp3) is 0.800. The number of hydrogen-bond donors (Lipinski definition) is 4. The second kappa shape index (κ2) is 11.6. The Labute approximate surface area is 167 Å². The van der Waals surface area contributed by atoms with Gasteiger partial charge in [0.2, 0.25) is 11.8 Å². The first-order valence-corrected chi connectivity index (χ1v) is 10.2. The highest BCUT2D eigenvalue weighted by Crippen LogP contribution is 2.29. The number of piperidine rings is 1. The van der Waals surface area contributed by atoms with Gasteiger partial charge in [0.25, 0.3) is 5.91 Å². The third-order valence-electron chi connectivity index (χ3n) is 4.67. The number of amides is 3. The van der Waals surface area contributed by atoms with Crippen LogP contribution in [0.15, 0.2) is 0 Å². The Morgan fingerprint density at radius 2 is 1.89 bits per heavy atom. The van der Waals surface area contributed by atoms with E-state index in [1.165, 1.54) is 0 Å². The Bertz CT molecular complexity index is 576. The molecule has 3 amide bonds. The lowest BCUT2D eigenvalue weighted by molar-refractivity contribution is -0.140. The van der Waals surface area contributed by atoms with Gasteiger partial charge in [-0.2, -0.15) is 5.26 Å². The van der Waals surface area contributed by atoms with Gasteiger partial charge in [-0.3, -0.25) is 14.4 Å². The SMILES string of the molecule is CC(C)C.N#CC(C[C@@H]1CCCNC1=O)NC(=O)CNC(=O)C1(O)CCCC1. The molecule has 2 fully saturated rings. The minimum atomic E-state index is -1.38. The van der Waals surface area contributed by atoms with Crippen LogP contribution in [-0.4, -0.2) is 47.6 Å². The third-order valence-corrected chi connectivity index (χ3v) is 4.67. The van der Waals surface area contributed by atoms with E-state index in [0.717, 1.165) is 25.2 Å². The first-order valence-electron chi connectivity index (χ1n) is 10.2. The number of rotatable bonds is 6. The van der Waals surface area contributed by atoms with Crippen molar-refractivity contribution in [1.29, 1.82) is 5.26 Å². The predicted octanol–water partition coefficient (Wildman–Crippen LogP) is 0.995. The Morgan fingerprint density at radius 3 is 2.43 bits per heavy atom. The normalized spacial score (nSPS) is 21.6. The molecule has 0 aromatic rings. The van der Waals surface area contributed by atoms with Crippen LogP contribution in [0.5, 0.6) is 0 Å².